The zero-order chi connectivity index (χ0) is 22.3. The van der Waals surface area contributed by atoms with Crippen LogP contribution in [0.2, 0.25) is 0 Å². The van der Waals surface area contributed by atoms with E-state index in [0.29, 0.717) is 25.9 Å². The largest absolute Gasteiger partial charge is 0.455 e. The summed E-state index contributed by atoms with van der Waals surface area (Å²) < 4.78 is 10.6. The minimum Gasteiger partial charge on any atom is -0.455 e. The molecule has 1 N–H and O–H groups in total. The molecule has 0 bridgehead atoms. The molecule has 0 radical (unpaired) electrons. The van der Waals surface area contributed by atoms with Gasteiger partial charge in [-0.1, -0.05) is 31.2 Å². The molecule has 1 fully saturated rings. The molecule has 1 aliphatic rings. The minimum absolute atomic E-state index is 0.167. The van der Waals surface area contributed by atoms with E-state index >= 15 is 0 Å². The normalized spacial score (nSPS) is 16.0. The molecule has 0 aromatic heterocycles. The Morgan fingerprint density at radius 3 is 2.27 bits per heavy atom. The van der Waals surface area contributed by atoms with Crippen LogP contribution in [0.25, 0.3) is 0 Å². The number of hydrogen-bond donors (Lipinski definition) is 1. The number of benzene rings is 1. The van der Waals surface area contributed by atoms with Crippen LogP contribution in [0.3, 0.4) is 0 Å². The van der Waals surface area contributed by atoms with E-state index in [1.54, 1.807) is 4.90 Å². The molecule has 1 aromatic carbocycles. The molecule has 7 nitrogen and oxygen atoms in total. The second-order valence-electron chi connectivity index (χ2n) is 8.73. The molecule has 2 amide bonds. The standard InChI is InChI=1S/C23H34N2O5/c1-6-17-7-9-18(10-8-17)16(2)24-20(26)15-29-21(27)19-11-13-25(14-12-19)22(28)30-23(3,4)5/h7-10,16,19H,6,11-15H2,1-5H3,(H,24,26). The van der Waals surface area contributed by atoms with E-state index in [1.165, 1.54) is 5.56 Å². The lowest BCUT2D eigenvalue weighted by Gasteiger charge is -2.32. The SMILES string of the molecule is CCc1ccc(C(C)NC(=O)COC(=O)C2CCN(C(=O)OC(C)(C)C)CC2)cc1. The van der Waals surface area contributed by atoms with E-state index in [1.807, 2.05) is 52.0 Å². The lowest BCUT2D eigenvalue weighted by atomic mass is 9.97. The van der Waals surface area contributed by atoms with Crippen LogP contribution in [0, 0.1) is 5.92 Å². The van der Waals surface area contributed by atoms with E-state index in [4.69, 9.17) is 9.47 Å². The topological polar surface area (TPSA) is 84.9 Å². The van der Waals surface area contributed by atoms with Gasteiger partial charge in [-0.25, -0.2) is 4.79 Å². The average molecular weight is 419 g/mol. The summed E-state index contributed by atoms with van der Waals surface area (Å²) in [4.78, 5) is 38.2. The first-order chi connectivity index (χ1) is 14.1. The zero-order valence-corrected chi connectivity index (χ0v) is 18.7. The number of hydrogen-bond acceptors (Lipinski definition) is 5. The number of piperidine rings is 1. The van der Waals surface area contributed by atoms with E-state index in [0.717, 1.165) is 12.0 Å². The second-order valence-corrected chi connectivity index (χ2v) is 8.73. The summed E-state index contributed by atoms with van der Waals surface area (Å²) in [6, 6.07) is 7.91. The Morgan fingerprint density at radius 2 is 1.73 bits per heavy atom. The molecule has 1 heterocycles. The van der Waals surface area contributed by atoms with Crippen LogP contribution >= 0.6 is 0 Å². The van der Waals surface area contributed by atoms with Crippen molar-refractivity contribution >= 4 is 18.0 Å². The van der Waals surface area contributed by atoms with E-state index in [2.05, 4.69) is 12.2 Å². The van der Waals surface area contributed by atoms with Crippen molar-refractivity contribution in [3.8, 4) is 0 Å². The van der Waals surface area contributed by atoms with Crippen molar-refractivity contribution in [2.45, 2.75) is 65.5 Å². The number of carbonyl (C=O) groups excluding carboxylic acids is 3. The fraction of sp³-hybridized carbons (Fsp3) is 0.609. The van der Waals surface area contributed by atoms with Crippen molar-refractivity contribution in [1.82, 2.24) is 10.2 Å². The Balaban J connectivity index is 1.72. The van der Waals surface area contributed by atoms with Gasteiger partial charge in [0.15, 0.2) is 6.61 Å². The van der Waals surface area contributed by atoms with Crippen molar-refractivity contribution in [3.63, 3.8) is 0 Å². The molecule has 1 atom stereocenters. The Hall–Kier alpha value is -2.57. The Bertz CT molecular complexity index is 731. The van der Waals surface area contributed by atoms with Gasteiger partial charge in [-0.05, 0) is 58.1 Å². The van der Waals surface area contributed by atoms with Crippen LogP contribution in [0.4, 0.5) is 4.79 Å². The maximum absolute atomic E-state index is 12.3. The van der Waals surface area contributed by atoms with E-state index < -0.39 is 11.6 Å². The molecule has 7 heteroatoms. The highest BCUT2D eigenvalue weighted by atomic mass is 16.6. The summed E-state index contributed by atoms with van der Waals surface area (Å²) in [5.74, 6) is -1.04. The van der Waals surface area contributed by atoms with Crippen LogP contribution in [-0.4, -0.2) is 48.2 Å². The Labute approximate surface area is 179 Å². The van der Waals surface area contributed by atoms with E-state index in [9.17, 15) is 14.4 Å². The first kappa shape index (κ1) is 23.7. The number of ether oxygens (including phenoxy) is 2. The molecular formula is C23H34N2O5. The van der Waals surface area contributed by atoms with Crippen molar-refractivity contribution in [2.75, 3.05) is 19.7 Å². The molecule has 1 aliphatic heterocycles. The number of rotatable bonds is 6. The van der Waals surface area contributed by atoms with E-state index in [-0.39, 0.29) is 30.6 Å². The molecular weight excluding hydrogens is 384 g/mol. The molecule has 2 rings (SSSR count). The number of aryl methyl sites for hydroxylation is 1. The van der Waals surface area contributed by atoms with Crippen LogP contribution < -0.4 is 5.32 Å². The maximum Gasteiger partial charge on any atom is 0.410 e. The van der Waals surface area contributed by atoms with Crippen LogP contribution in [0.5, 0.6) is 0 Å². The molecule has 0 saturated carbocycles. The number of likely N-dealkylation sites (tertiary alicyclic amines) is 1. The number of carbonyl (C=O) groups is 3. The van der Waals surface area contributed by atoms with Gasteiger partial charge < -0.3 is 19.7 Å². The molecule has 30 heavy (non-hydrogen) atoms. The van der Waals surface area contributed by atoms with Crippen molar-refractivity contribution in [2.24, 2.45) is 5.92 Å². The highest BCUT2D eigenvalue weighted by Gasteiger charge is 2.31. The Morgan fingerprint density at radius 1 is 1.13 bits per heavy atom. The summed E-state index contributed by atoms with van der Waals surface area (Å²) >= 11 is 0. The van der Waals surface area contributed by atoms with Gasteiger partial charge in [0.2, 0.25) is 0 Å². The highest BCUT2D eigenvalue weighted by molar-refractivity contribution is 5.81. The molecule has 1 saturated heterocycles. The lowest BCUT2D eigenvalue weighted by molar-refractivity contribution is -0.154. The summed E-state index contributed by atoms with van der Waals surface area (Å²) in [6.07, 6.45) is 1.60. The first-order valence-corrected chi connectivity index (χ1v) is 10.6. The van der Waals surface area contributed by atoms with Crippen LogP contribution in [0.15, 0.2) is 24.3 Å². The van der Waals surface area contributed by atoms with Gasteiger partial charge in [0.05, 0.1) is 12.0 Å². The monoisotopic (exact) mass is 418 g/mol. The fourth-order valence-corrected chi connectivity index (χ4v) is 3.29. The number of amides is 2. The number of nitrogens with one attached hydrogen (secondary N) is 1. The van der Waals surface area contributed by atoms with Gasteiger partial charge >= 0.3 is 12.1 Å². The molecule has 166 valence electrons. The predicted octanol–water partition coefficient (Wildman–Crippen LogP) is 3.62. The van der Waals surface area contributed by atoms with Crippen LogP contribution in [-0.2, 0) is 25.5 Å². The molecule has 0 aliphatic carbocycles. The quantitative estimate of drug-likeness (QED) is 0.713. The zero-order valence-electron chi connectivity index (χ0n) is 18.7. The Kier molecular flexibility index (Phi) is 8.26. The van der Waals surface area contributed by atoms with Gasteiger partial charge in [0.1, 0.15) is 5.60 Å². The number of esters is 1. The minimum atomic E-state index is -0.546. The molecule has 0 spiro atoms. The summed E-state index contributed by atoms with van der Waals surface area (Å²) in [5.41, 5.74) is 1.69. The molecule has 1 unspecified atom stereocenters. The van der Waals surface area contributed by atoms with Gasteiger partial charge in [0.25, 0.3) is 5.91 Å². The van der Waals surface area contributed by atoms with Crippen molar-refractivity contribution in [1.29, 1.82) is 0 Å². The third-order valence-electron chi connectivity index (χ3n) is 5.09. The molecule has 1 aromatic rings. The van der Waals surface area contributed by atoms with Gasteiger partial charge in [-0.2, -0.15) is 0 Å². The van der Waals surface area contributed by atoms with Crippen molar-refractivity contribution < 1.29 is 23.9 Å². The van der Waals surface area contributed by atoms with Gasteiger partial charge in [0, 0.05) is 13.1 Å². The van der Waals surface area contributed by atoms with Crippen molar-refractivity contribution in [3.05, 3.63) is 35.4 Å². The number of nitrogens with zero attached hydrogens (tertiary/aromatic N) is 1. The fourth-order valence-electron chi connectivity index (χ4n) is 3.29. The van der Waals surface area contributed by atoms with Gasteiger partial charge in [-0.3, -0.25) is 9.59 Å². The maximum atomic E-state index is 12.3. The lowest BCUT2D eigenvalue weighted by Crippen LogP contribution is -2.43. The summed E-state index contributed by atoms with van der Waals surface area (Å²) in [7, 11) is 0. The third-order valence-corrected chi connectivity index (χ3v) is 5.09. The average Bonchev–Trinajstić information content (AvgIpc) is 2.71. The first-order valence-electron chi connectivity index (χ1n) is 10.6. The third kappa shape index (κ3) is 7.35. The van der Waals surface area contributed by atoms with Gasteiger partial charge in [-0.15, -0.1) is 0 Å². The summed E-state index contributed by atoms with van der Waals surface area (Å²) in [5, 5.41) is 2.85. The smallest absolute Gasteiger partial charge is 0.410 e. The highest BCUT2D eigenvalue weighted by Crippen LogP contribution is 2.21. The van der Waals surface area contributed by atoms with Crippen LogP contribution in [0.1, 0.15) is 64.6 Å². The summed E-state index contributed by atoms with van der Waals surface area (Å²) in [6.45, 7) is 10.0. The predicted molar refractivity (Wildman–Crippen MR) is 114 cm³/mol. The second kappa shape index (κ2) is 10.5.